The zero-order valence-corrected chi connectivity index (χ0v) is 29.7. The van der Waals surface area contributed by atoms with Gasteiger partial charge in [0.1, 0.15) is 12.7 Å². The number of hydrogen-bond acceptors (Lipinski definition) is 5. The third-order valence-corrected chi connectivity index (χ3v) is 15.3. The lowest BCUT2D eigenvalue weighted by atomic mass is 9.33. The second-order valence-electron chi connectivity index (χ2n) is 18.1. The fourth-order valence-electron chi connectivity index (χ4n) is 12.7. The number of hydrogen-bond donors (Lipinski definition) is 0. The van der Waals surface area contributed by atoms with Crippen molar-refractivity contribution in [1.82, 2.24) is 4.90 Å². The second kappa shape index (κ2) is 11.1. The van der Waals surface area contributed by atoms with Crippen LogP contribution in [0.15, 0.2) is 11.6 Å². The van der Waals surface area contributed by atoms with E-state index in [9.17, 15) is 14.4 Å². The Bertz CT molecular complexity index is 1250. The van der Waals surface area contributed by atoms with Crippen LogP contribution in [0.4, 0.5) is 0 Å². The molecule has 0 bridgehead atoms. The summed E-state index contributed by atoms with van der Waals surface area (Å²) in [6, 6.07) is 0. The van der Waals surface area contributed by atoms with Crippen molar-refractivity contribution in [1.29, 1.82) is 0 Å². The predicted molar refractivity (Wildman–Crippen MR) is 176 cm³/mol. The van der Waals surface area contributed by atoms with Crippen LogP contribution in [0, 0.1) is 50.2 Å². The van der Waals surface area contributed by atoms with Gasteiger partial charge in [-0.05, 0) is 123 Å². The Morgan fingerprint density at radius 2 is 1.51 bits per heavy atom. The van der Waals surface area contributed by atoms with Gasteiger partial charge in [-0.2, -0.15) is 0 Å². The molecule has 5 aliphatic carbocycles. The average molecular weight is 624 g/mol. The summed E-state index contributed by atoms with van der Waals surface area (Å²) in [4.78, 5) is 41.1. The van der Waals surface area contributed by atoms with E-state index in [2.05, 4.69) is 52.5 Å². The molecule has 1 saturated heterocycles. The number of rotatable bonds is 4. The summed E-state index contributed by atoms with van der Waals surface area (Å²) in [6.07, 6.45) is 16.3. The van der Waals surface area contributed by atoms with Crippen molar-refractivity contribution in [2.45, 2.75) is 145 Å². The van der Waals surface area contributed by atoms with E-state index in [1.54, 1.807) is 5.57 Å². The van der Waals surface area contributed by atoms with Crippen LogP contribution in [-0.2, 0) is 23.9 Å². The van der Waals surface area contributed by atoms with E-state index in [-0.39, 0.29) is 51.0 Å². The molecule has 0 aromatic heterocycles. The van der Waals surface area contributed by atoms with Crippen LogP contribution >= 0.6 is 0 Å². The van der Waals surface area contributed by atoms with Crippen LogP contribution in [0.5, 0.6) is 0 Å². The van der Waals surface area contributed by atoms with Crippen molar-refractivity contribution in [3.8, 4) is 0 Å². The fraction of sp³-hybridized carbons (Fsp3) is 0.872. The quantitative estimate of drug-likeness (QED) is 0.233. The molecule has 0 spiro atoms. The zero-order valence-electron chi connectivity index (χ0n) is 29.7. The van der Waals surface area contributed by atoms with E-state index in [0.29, 0.717) is 24.3 Å². The third-order valence-electron chi connectivity index (χ3n) is 15.3. The number of amides is 1. The zero-order chi connectivity index (χ0) is 32.6. The summed E-state index contributed by atoms with van der Waals surface area (Å²) in [6.45, 7) is 19.9. The summed E-state index contributed by atoms with van der Waals surface area (Å²) in [5.74, 6) is 1.04. The highest BCUT2D eigenvalue weighted by Gasteiger charge is 2.70. The molecule has 1 aliphatic heterocycles. The highest BCUT2D eigenvalue weighted by Crippen LogP contribution is 2.76. The molecule has 6 heteroatoms. The molecule has 0 aromatic carbocycles. The first-order chi connectivity index (χ1) is 21.0. The second-order valence-corrected chi connectivity index (χ2v) is 18.1. The molecule has 0 N–H and O–H groups in total. The van der Waals surface area contributed by atoms with Crippen molar-refractivity contribution in [3.05, 3.63) is 11.6 Å². The van der Waals surface area contributed by atoms with Crippen LogP contribution in [-0.4, -0.2) is 48.5 Å². The molecule has 0 radical (unpaired) electrons. The van der Waals surface area contributed by atoms with Gasteiger partial charge in [-0.25, -0.2) is 0 Å². The molecular formula is C39H61NO5. The van der Waals surface area contributed by atoms with Gasteiger partial charge in [0.2, 0.25) is 5.91 Å². The van der Waals surface area contributed by atoms with E-state index >= 15 is 0 Å². The summed E-state index contributed by atoms with van der Waals surface area (Å²) in [7, 11) is 0. The number of likely N-dealkylation sites (tertiary alicyclic amines) is 1. The van der Waals surface area contributed by atoms with E-state index in [0.717, 1.165) is 90.1 Å². The van der Waals surface area contributed by atoms with Gasteiger partial charge in [0.25, 0.3) is 0 Å². The van der Waals surface area contributed by atoms with Gasteiger partial charge < -0.3 is 14.4 Å². The van der Waals surface area contributed by atoms with Crippen LogP contribution < -0.4 is 0 Å². The molecule has 1 amide bonds. The predicted octanol–water partition coefficient (Wildman–Crippen LogP) is 8.28. The van der Waals surface area contributed by atoms with Gasteiger partial charge in [-0.15, -0.1) is 0 Å². The summed E-state index contributed by atoms with van der Waals surface area (Å²) < 4.78 is 11.7. The molecule has 1 heterocycles. The summed E-state index contributed by atoms with van der Waals surface area (Å²) in [5.41, 5.74) is 1.38. The van der Waals surface area contributed by atoms with Crippen molar-refractivity contribution < 1.29 is 23.9 Å². The monoisotopic (exact) mass is 623 g/mol. The standard InChI is InChI=1S/C39H61NO5/c1-26(41)44-25-36(6)30-14-17-38(8)31(35(30,5)16-15-32(36)45-27(2)42)13-12-28-29-24-34(3,4)18-20-39(29,21-19-37(28,38)7)33(43)40-22-10-9-11-23-40/h12,29-32H,9-11,13-25H2,1-8H3/t29-,30+,31+,32-,35-,36-,37+,38+,39-/m0/s1. The molecule has 0 unspecified atom stereocenters. The number of carbonyl (C=O) groups is 3. The van der Waals surface area contributed by atoms with Crippen molar-refractivity contribution in [3.63, 3.8) is 0 Å². The topological polar surface area (TPSA) is 72.9 Å². The smallest absolute Gasteiger partial charge is 0.302 e. The average Bonchev–Trinajstić information content (AvgIpc) is 2.98. The number of nitrogens with zero attached hydrogens (tertiary/aromatic N) is 1. The lowest BCUT2D eigenvalue weighted by Crippen LogP contribution is -2.66. The molecule has 6 aliphatic rings. The highest BCUT2D eigenvalue weighted by molar-refractivity contribution is 5.84. The molecule has 4 saturated carbocycles. The number of fused-ring (bicyclic) bond motifs is 7. The van der Waals surface area contributed by atoms with E-state index in [1.165, 1.54) is 20.3 Å². The summed E-state index contributed by atoms with van der Waals surface area (Å²) in [5, 5.41) is 0. The molecular weight excluding hydrogens is 562 g/mol. The highest BCUT2D eigenvalue weighted by atomic mass is 16.6. The van der Waals surface area contributed by atoms with Gasteiger partial charge in [0.15, 0.2) is 0 Å². The minimum absolute atomic E-state index is 0.0353. The molecule has 252 valence electrons. The largest absolute Gasteiger partial charge is 0.465 e. The first-order valence-corrected chi connectivity index (χ1v) is 18.3. The Kier molecular flexibility index (Phi) is 8.16. The van der Waals surface area contributed by atoms with E-state index in [4.69, 9.17) is 9.47 Å². The Balaban J connectivity index is 1.38. The molecule has 6 nitrogen and oxygen atoms in total. The Hall–Kier alpha value is -1.85. The Morgan fingerprint density at radius 1 is 0.822 bits per heavy atom. The first-order valence-electron chi connectivity index (χ1n) is 18.3. The lowest BCUT2D eigenvalue weighted by Gasteiger charge is -2.71. The Labute approximate surface area is 272 Å². The third kappa shape index (κ3) is 4.95. The SMILES string of the molecule is CC(=O)OC[C@@]1(C)[C@@H]2CC[C@]3(C)[C@H](CC=C4[C@@H]5CC(C)(C)CC[C@]5(C(=O)N5CCCCC5)CC[C@]43C)[C@@]2(C)CC[C@@H]1OC(C)=O. The van der Waals surface area contributed by atoms with Gasteiger partial charge in [-0.1, -0.05) is 53.2 Å². The molecule has 6 rings (SSSR count). The van der Waals surface area contributed by atoms with Gasteiger partial charge in [-0.3, -0.25) is 14.4 Å². The van der Waals surface area contributed by atoms with E-state index < -0.39 is 5.41 Å². The van der Waals surface area contributed by atoms with Crippen molar-refractivity contribution >= 4 is 17.8 Å². The van der Waals surface area contributed by atoms with Crippen molar-refractivity contribution in [2.75, 3.05) is 19.7 Å². The van der Waals surface area contributed by atoms with Gasteiger partial charge >= 0.3 is 11.9 Å². The maximum atomic E-state index is 14.6. The van der Waals surface area contributed by atoms with Crippen LogP contribution in [0.1, 0.15) is 139 Å². The molecule has 45 heavy (non-hydrogen) atoms. The number of esters is 2. The number of allylic oxidation sites excluding steroid dienone is 2. The maximum absolute atomic E-state index is 14.6. The van der Waals surface area contributed by atoms with E-state index in [1.807, 2.05) is 0 Å². The van der Waals surface area contributed by atoms with Crippen molar-refractivity contribution in [2.24, 2.45) is 50.2 Å². The molecule has 5 fully saturated rings. The lowest BCUT2D eigenvalue weighted by molar-refractivity contribution is -0.226. The molecule has 9 atom stereocenters. The number of ether oxygens (including phenoxy) is 2. The van der Waals surface area contributed by atoms with Crippen LogP contribution in [0.25, 0.3) is 0 Å². The van der Waals surface area contributed by atoms with Crippen LogP contribution in [0.2, 0.25) is 0 Å². The number of carbonyl (C=O) groups excluding carboxylic acids is 3. The Morgan fingerprint density at radius 3 is 2.18 bits per heavy atom. The minimum Gasteiger partial charge on any atom is -0.465 e. The maximum Gasteiger partial charge on any atom is 0.302 e. The fourth-order valence-corrected chi connectivity index (χ4v) is 12.7. The van der Waals surface area contributed by atoms with Gasteiger partial charge in [0, 0.05) is 32.4 Å². The minimum atomic E-state index is -0.424. The number of piperidine rings is 1. The summed E-state index contributed by atoms with van der Waals surface area (Å²) >= 11 is 0. The molecule has 0 aromatic rings. The normalized spacial score (nSPS) is 45.5. The first kappa shape index (κ1) is 33.1. The van der Waals surface area contributed by atoms with Gasteiger partial charge in [0.05, 0.1) is 5.41 Å². The van der Waals surface area contributed by atoms with Crippen LogP contribution in [0.3, 0.4) is 0 Å².